The summed E-state index contributed by atoms with van der Waals surface area (Å²) >= 11 is 0. The van der Waals surface area contributed by atoms with E-state index in [-0.39, 0.29) is 55.0 Å². The molecule has 0 radical (unpaired) electrons. The Bertz CT molecular complexity index is 2040. The number of carbonyl (C=O) groups excluding carboxylic acids is 7. The molecule has 19 N–H and O–H groups in total. The van der Waals surface area contributed by atoms with E-state index >= 15 is 0 Å². The topological polar surface area (TPSA) is 420 Å². The summed E-state index contributed by atoms with van der Waals surface area (Å²) < 4.78 is 0. The molecule has 0 fully saturated rings. The summed E-state index contributed by atoms with van der Waals surface area (Å²) in [7, 11) is 0. The number of nitrogens with zero attached hydrogens (tertiary/aromatic N) is 3. The number of hydrogen-bond donors (Lipinski definition) is 13. The van der Waals surface area contributed by atoms with E-state index in [1.807, 2.05) is 0 Å². The molecule has 25 heteroatoms. The maximum absolute atomic E-state index is 13.0. The number of nitrogens with one attached hydrogen (secondary N) is 8. The van der Waals surface area contributed by atoms with Crippen LogP contribution in [0, 0.1) is 0 Å². The molecular weight excluding hydrogens is 766 g/mol. The number of nitrogens with two attached hydrogens (primary N) is 2. The van der Waals surface area contributed by atoms with Crippen LogP contribution in [0.15, 0.2) is 35.3 Å². The average Bonchev–Trinajstić information content (AvgIpc) is 3.18. The van der Waals surface area contributed by atoms with Gasteiger partial charge in [0, 0.05) is 30.5 Å². The fourth-order valence-corrected chi connectivity index (χ4v) is 5.02. The second kappa shape index (κ2) is 22.3. The maximum Gasteiger partial charge on any atom is 0.303 e. The molecule has 0 saturated carbocycles. The molecule has 25 nitrogen and oxygen atoms in total. The SMILES string of the molecule is NC(=O)[C@H](CC[NH3+])NC(=O)[C@H](CC[NH3+])NC(=O)CNC(=O)CNC(=O)CNC(=O)[C@H](CCC(=O)O)NC(=O)c1ccc(NCc2cnc3nc(N)[nH]c(=O)c3n2)cc1. The summed E-state index contributed by atoms with van der Waals surface area (Å²) in [6.45, 7) is -1.06. The third kappa shape index (κ3) is 14.8. The van der Waals surface area contributed by atoms with Gasteiger partial charge in [-0.3, -0.25) is 48.1 Å². The smallest absolute Gasteiger partial charge is 0.303 e. The number of rotatable bonds is 23. The molecule has 58 heavy (non-hydrogen) atoms. The predicted octanol–water partition coefficient (Wildman–Crippen LogP) is -7.06. The van der Waals surface area contributed by atoms with Crippen LogP contribution in [0.4, 0.5) is 11.6 Å². The fraction of sp³-hybridized carbons (Fsp3) is 0.394. The van der Waals surface area contributed by atoms with Gasteiger partial charge >= 0.3 is 5.97 Å². The minimum absolute atomic E-state index is 0.00834. The fourth-order valence-electron chi connectivity index (χ4n) is 5.02. The first-order valence-corrected chi connectivity index (χ1v) is 17.8. The van der Waals surface area contributed by atoms with Gasteiger partial charge in [0.1, 0.15) is 18.1 Å². The van der Waals surface area contributed by atoms with E-state index in [0.717, 1.165) is 0 Å². The number of fused-ring (bicyclic) bond motifs is 1. The number of aliphatic carboxylic acids is 1. The molecule has 0 aliphatic rings. The monoisotopic (exact) mass is 813 g/mol. The highest BCUT2D eigenvalue weighted by molar-refractivity contribution is 5.98. The number of carboxylic acids is 1. The lowest BCUT2D eigenvalue weighted by molar-refractivity contribution is -0.369. The molecule has 2 aromatic heterocycles. The third-order valence-corrected chi connectivity index (χ3v) is 7.99. The summed E-state index contributed by atoms with van der Waals surface area (Å²) in [6, 6.07) is 2.62. The zero-order chi connectivity index (χ0) is 42.8. The highest BCUT2D eigenvalue weighted by atomic mass is 16.4. The Hall–Kier alpha value is -7.28. The number of H-pyrrole nitrogens is 1. The molecule has 2 heterocycles. The molecule has 7 amide bonds. The van der Waals surface area contributed by atoms with Crippen molar-refractivity contribution in [3.8, 4) is 0 Å². The van der Waals surface area contributed by atoms with E-state index in [1.165, 1.54) is 18.3 Å². The minimum atomic E-state index is -1.35. The second-order valence-corrected chi connectivity index (χ2v) is 12.5. The highest BCUT2D eigenvalue weighted by Gasteiger charge is 2.26. The Morgan fingerprint density at radius 2 is 1.36 bits per heavy atom. The molecule has 0 bridgehead atoms. The molecule has 312 valence electrons. The van der Waals surface area contributed by atoms with Gasteiger partial charge in [0.05, 0.1) is 51.2 Å². The lowest BCUT2D eigenvalue weighted by Gasteiger charge is -2.20. The Morgan fingerprint density at radius 3 is 1.98 bits per heavy atom. The Morgan fingerprint density at radius 1 is 0.759 bits per heavy atom. The van der Waals surface area contributed by atoms with Gasteiger partial charge in [0.15, 0.2) is 11.2 Å². The van der Waals surface area contributed by atoms with Gasteiger partial charge in [-0.1, -0.05) is 0 Å². The zero-order valence-electron chi connectivity index (χ0n) is 31.2. The summed E-state index contributed by atoms with van der Waals surface area (Å²) in [5.41, 5.74) is 18.7. The van der Waals surface area contributed by atoms with Crippen LogP contribution in [0.2, 0.25) is 0 Å². The largest absolute Gasteiger partial charge is 0.481 e. The van der Waals surface area contributed by atoms with Crippen LogP contribution in [-0.2, 0) is 40.1 Å². The standard InChI is InChI=1S/C33H45N15O10/c34-9-7-19(27(36)54)45-31(57)21(8-10-35)44-24(51)15-40-22(49)13-39-23(50)14-42-30(56)20(5-6-25(52)53)46-29(55)16-1-3-17(4-2-16)38-11-18-12-41-28-26(43-18)32(58)48-33(37)47-28/h1-4,12,19-21,38H,5-11,13-15,34-35H2,(H2,36,54)(H,39,50)(H,40,49)(H,42,56)(H,44,51)(H,45,57)(H,46,55)(H,52,53)(H3,37,41,47,48,58)/p+2/t19-,20-,21-/m0/s1. The van der Waals surface area contributed by atoms with Crippen molar-refractivity contribution in [3.05, 3.63) is 52.1 Å². The van der Waals surface area contributed by atoms with E-state index in [0.29, 0.717) is 17.9 Å². The van der Waals surface area contributed by atoms with Gasteiger partial charge in [-0.05, 0) is 30.7 Å². The quantitative estimate of drug-likeness (QED) is 0.0423. The minimum Gasteiger partial charge on any atom is -0.481 e. The van der Waals surface area contributed by atoms with Crippen LogP contribution in [0.3, 0.4) is 0 Å². The highest BCUT2D eigenvalue weighted by Crippen LogP contribution is 2.12. The number of primary amides is 1. The molecule has 0 aliphatic heterocycles. The van der Waals surface area contributed by atoms with Crippen LogP contribution in [-0.4, -0.2) is 123 Å². The lowest BCUT2D eigenvalue weighted by atomic mass is 10.1. The Balaban J connectivity index is 1.45. The number of benzene rings is 1. The van der Waals surface area contributed by atoms with E-state index in [2.05, 4.69) is 68.6 Å². The van der Waals surface area contributed by atoms with Gasteiger partial charge in [-0.2, -0.15) is 4.98 Å². The normalized spacial score (nSPS) is 12.2. The first kappa shape index (κ1) is 45.1. The van der Waals surface area contributed by atoms with Gasteiger partial charge in [0.2, 0.25) is 41.4 Å². The van der Waals surface area contributed by atoms with Crippen molar-refractivity contribution in [1.82, 2.24) is 51.8 Å². The van der Waals surface area contributed by atoms with Crippen molar-refractivity contribution < 1.29 is 54.9 Å². The van der Waals surface area contributed by atoms with Crippen LogP contribution < -0.4 is 65.7 Å². The Labute approximate surface area is 328 Å². The number of carbonyl (C=O) groups is 8. The first-order valence-electron chi connectivity index (χ1n) is 17.8. The van der Waals surface area contributed by atoms with E-state index < -0.39 is 97.1 Å². The predicted molar refractivity (Wildman–Crippen MR) is 201 cm³/mol. The summed E-state index contributed by atoms with van der Waals surface area (Å²) in [6.07, 6.45) is 0.946. The zero-order valence-corrected chi connectivity index (χ0v) is 31.2. The molecule has 0 unspecified atom stereocenters. The maximum atomic E-state index is 13.0. The molecule has 1 aromatic carbocycles. The number of quaternary nitrogens is 2. The Kier molecular flexibility index (Phi) is 17.4. The van der Waals surface area contributed by atoms with Crippen LogP contribution in [0.25, 0.3) is 11.2 Å². The molecule has 3 aromatic rings. The van der Waals surface area contributed by atoms with Crippen molar-refractivity contribution in [3.63, 3.8) is 0 Å². The molecule has 3 atom stereocenters. The molecule has 0 saturated heterocycles. The van der Waals surface area contributed by atoms with Crippen LogP contribution in [0.5, 0.6) is 0 Å². The second-order valence-electron chi connectivity index (χ2n) is 12.5. The number of hydrogen-bond acceptors (Lipinski definition) is 14. The van der Waals surface area contributed by atoms with Gasteiger partial charge in [-0.15, -0.1) is 0 Å². The van der Waals surface area contributed by atoms with Crippen LogP contribution >= 0.6 is 0 Å². The molecular formula is C33H47N15O10+2. The number of carboxylic acid groups (broad SMARTS) is 1. The van der Waals surface area contributed by atoms with Gasteiger partial charge in [-0.25, -0.2) is 9.97 Å². The summed E-state index contributed by atoms with van der Waals surface area (Å²) in [5, 5.41) is 26.4. The van der Waals surface area contributed by atoms with Crippen molar-refractivity contribution in [2.45, 2.75) is 50.4 Å². The number of nitrogen functional groups attached to an aromatic ring is 1. The average molecular weight is 814 g/mol. The van der Waals surface area contributed by atoms with Gasteiger partial charge < -0.3 is 65.3 Å². The van der Waals surface area contributed by atoms with E-state index in [9.17, 15) is 43.2 Å². The first-order chi connectivity index (χ1) is 27.6. The van der Waals surface area contributed by atoms with Crippen molar-refractivity contribution in [2.75, 3.05) is 43.8 Å². The number of aromatic amines is 1. The number of anilines is 2. The van der Waals surface area contributed by atoms with Gasteiger partial charge in [0.25, 0.3) is 11.5 Å². The summed E-state index contributed by atoms with van der Waals surface area (Å²) in [4.78, 5) is 125. The molecule has 0 spiro atoms. The summed E-state index contributed by atoms with van der Waals surface area (Å²) in [5.74, 6) is -6.68. The van der Waals surface area contributed by atoms with Crippen molar-refractivity contribution in [1.29, 1.82) is 0 Å². The van der Waals surface area contributed by atoms with E-state index in [1.54, 1.807) is 12.1 Å². The molecule has 3 rings (SSSR count). The van der Waals surface area contributed by atoms with Crippen LogP contribution in [0.1, 0.15) is 41.7 Å². The number of amides is 7. The number of aromatic nitrogens is 4. The van der Waals surface area contributed by atoms with Crippen molar-refractivity contribution in [2.24, 2.45) is 5.73 Å². The van der Waals surface area contributed by atoms with E-state index in [4.69, 9.17) is 16.6 Å². The molecule has 0 aliphatic carbocycles. The lowest BCUT2D eigenvalue weighted by Crippen LogP contribution is -2.60. The third-order valence-electron chi connectivity index (χ3n) is 7.99. The van der Waals surface area contributed by atoms with Crippen molar-refractivity contribution >= 4 is 70.1 Å².